The molecule has 0 radical (unpaired) electrons. The number of aryl methyl sites for hydroxylation is 1. The average Bonchev–Trinajstić information content (AvgIpc) is 2.87. The second-order valence-electron chi connectivity index (χ2n) is 4.59. The molecular weight excluding hydrogens is 268 g/mol. The summed E-state index contributed by atoms with van der Waals surface area (Å²) in [6, 6.07) is 11.2. The molecule has 2 aromatic heterocycles. The van der Waals surface area contributed by atoms with Gasteiger partial charge < -0.3 is 9.63 Å². The van der Waals surface area contributed by atoms with Crippen molar-refractivity contribution in [3.63, 3.8) is 0 Å². The fourth-order valence-electron chi connectivity index (χ4n) is 2.11. The second kappa shape index (κ2) is 5.20. The molecule has 0 unspecified atom stereocenters. The van der Waals surface area contributed by atoms with Crippen molar-refractivity contribution in [3.05, 3.63) is 58.9 Å². The summed E-state index contributed by atoms with van der Waals surface area (Å²) in [5.74, 6) is -1.02. The standard InChI is InChI=1S/C16H12N2O3/c1-10-14-13(16(19)20)9-12(17-15(14)21-18-10)8-7-11-5-3-2-4-6-11/h2-9H,1H3,(H,19,20)/b8-7+. The van der Waals surface area contributed by atoms with Crippen LogP contribution in [0, 0.1) is 6.92 Å². The van der Waals surface area contributed by atoms with E-state index < -0.39 is 5.97 Å². The minimum Gasteiger partial charge on any atom is -0.478 e. The van der Waals surface area contributed by atoms with Gasteiger partial charge in [-0.1, -0.05) is 41.6 Å². The van der Waals surface area contributed by atoms with Crippen LogP contribution in [0.4, 0.5) is 0 Å². The van der Waals surface area contributed by atoms with Crippen LogP contribution in [0.3, 0.4) is 0 Å². The molecule has 1 aromatic carbocycles. The molecule has 0 aliphatic rings. The average molecular weight is 280 g/mol. The van der Waals surface area contributed by atoms with E-state index in [1.807, 2.05) is 36.4 Å². The van der Waals surface area contributed by atoms with Crippen molar-refractivity contribution in [1.82, 2.24) is 10.1 Å². The number of carbonyl (C=O) groups is 1. The van der Waals surface area contributed by atoms with Crippen LogP contribution >= 0.6 is 0 Å². The SMILES string of the molecule is Cc1noc2nc(/C=C/c3ccccc3)cc(C(=O)O)c12. The van der Waals surface area contributed by atoms with Crippen LogP contribution in [-0.2, 0) is 0 Å². The number of carboxylic acid groups (broad SMARTS) is 1. The predicted octanol–water partition coefficient (Wildman–Crippen LogP) is 3.40. The predicted molar refractivity (Wildman–Crippen MR) is 78.9 cm³/mol. The van der Waals surface area contributed by atoms with Gasteiger partial charge in [0, 0.05) is 0 Å². The Morgan fingerprint density at radius 1 is 1.24 bits per heavy atom. The van der Waals surface area contributed by atoms with Crippen LogP contribution in [0.2, 0.25) is 0 Å². The van der Waals surface area contributed by atoms with Crippen LogP contribution in [0.5, 0.6) is 0 Å². The maximum atomic E-state index is 11.4. The number of carboxylic acids is 1. The number of aromatic carboxylic acids is 1. The van der Waals surface area contributed by atoms with Gasteiger partial charge in [0.15, 0.2) is 0 Å². The Labute approximate surface area is 120 Å². The number of pyridine rings is 1. The van der Waals surface area contributed by atoms with E-state index in [9.17, 15) is 9.90 Å². The number of hydrogen-bond acceptors (Lipinski definition) is 4. The highest BCUT2D eigenvalue weighted by molar-refractivity contribution is 6.02. The highest BCUT2D eigenvalue weighted by Gasteiger charge is 2.17. The molecule has 0 saturated heterocycles. The number of nitrogens with zero attached hydrogens (tertiary/aromatic N) is 2. The molecule has 1 N–H and O–H groups in total. The smallest absolute Gasteiger partial charge is 0.336 e. The molecule has 3 aromatic rings. The van der Waals surface area contributed by atoms with Crippen LogP contribution in [0.25, 0.3) is 23.3 Å². The fraction of sp³-hybridized carbons (Fsp3) is 0.0625. The van der Waals surface area contributed by atoms with Crippen molar-refractivity contribution in [1.29, 1.82) is 0 Å². The van der Waals surface area contributed by atoms with Crippen molar-refractivity contribution in [2.45, 2.75) is 6.92 Å². The molecule has 0 fully saturated rings. The Morgan fingerprint density at radius 3 is 2.71 bits per heavy atom. The number of hydrogen-bond donors (Lipinski definition) is 1. The van der Waals surface area contributed by atoms with E-state index >= 15 is 0 Å². The summed E-state index contributed by atoms with van der Waals surface area (Å²) >= 11 is 0. The summed E-state index contributed by atoms with van der Waals surface area (Å²) in [5.41, 5.74) is 2.42. The third kappa shape index (κ3) is 2.53. The van der Waals surface area contributed by atoms with Gasteiger partial charge in [-0.2, -0.15) is 0 Å². The lowest BCUT2D eigenvalue weighted by Crippen LogP contribution is -1.99. The van der Waals surface area contributed by atoms with Gasteiger partial charge in [-0.3, -0.25) is 0 Å². The van der Waals surface area contributed by atoms with Gasteiger partial charge in [0.1, 0.15) is 0 Å². The zero-order valence-corrected chi connectivity index (χ0v) is 11.3. The van der Waals surface area contributed by atoms with Crippen molar-refractivity contribution in [2.24, 2.45) is 0 Å². The van der Waals surface area contributed by atoms with E-state index in [4.69, 9.17) is 4.52 Å². The van der Waals surface area contributed by atoms with Gasteiger partial charge in [0.05, 0.1) is 22.3 Å². The first-order chi connectivity index (χ1) is 10.1. The molecule has 5 nitrogen and oxygen atoms in total. The van der Waals surface area contributed by atoms with Crippen LogP contribution in [-0.4, -0.2) is 21.2 Å². The lowest BCUT2D eigenvalue weighted by molar-refractivity contribution is 0.0699. The van der Waals surface area contributed by atoms with Crippen molar-refractivity contribution in [3.8, 4) is 0 Å². The molecule has 104 valence electrons. The summed E-state index contributed by atoms with van der Waals surface area (Å²) in [5, 5.41) is 13.5. The molecule has 0 saturated carbocycles. The number of aromatic nitrogens is 2. The molecule has 0 amide bonds. The molecule has 5 heteroatoms. The van der Waals surface area contributed by atoms with Crippen LogP contribution in [0.1, 0.15) is 27.3 Å². The molecule has 2 heterocycles. The Bertz CT molecular complexity index is 835. The minimum atomic E-state index is -1.02. The third-order valence-electron chi connectivity index (χ3n) is 3.11. The quantitative estimate of drug-likeness (QED) is 0.795. The molecule has 0 spiro atoms. The zero-order chi connectivity index (χ0) is 14.8. The van der Waals surface area contributed by atoms with Gasteiger partial charge in [0.25, 0.3) is 5.71 Å². The maximum absolute atomic E-state index is 11.4. The van der Waals surface area contributed by atoms with Crippen LogP contribution < -0.4 is 0 Å². The first kappa shape index (κ1) is 13.1. The van der Waals surface area contributed by atoms with Crippen molar-refractivity contribution in [2.75, 3.05) is 0 Å². The summed E-state index contributed by atoms with van der Waals surface area (Å²) in [4.78, 5) is 15.6. The Kier molecular flexibility index (Phi) is 3.23. The first-order valence-corrected chi connectivity index (χ1v) is 6.38. The summed E-state index contributed by atoms with van der Waals surface area (Å²) < 4.78 is 5.07. The van der Waals surface area contributed by atoms with E-state index in [0.29, 0.717) is 16.8 Å². The highest BCUT2D eigenvalue weighted by atomic mass is 16.5. The van der Waals surface area contributed by atoms with E-state index in [2.05, 4.69) is 10.1 Å². The number of benzene rings is 1. The molecule has 0 bridgehead atoms. The summed E-state index contributed by atoms with van der Waals surface area (Å²) in [7, 11) is 0. The highest BCUT2D eigenvalue weighted by Crippen LogP contribution is 2.22. The van der Waals surface area contributed by atoms with E-state index in [-0.39, 0.29) is 11.3 Å². The Hall–Kier alpha value is -2.95. The van der Waals surface area contributed by atoms with E-state index in [0.717, 1.165) is 5.56 Å². The van der Waals surface area contributed by atoms with Gasteiger partial charge in [-0.05, 0) is 24.6 Å². The first-order valence-electron chi connectivity index (χ1n) is 6.38. The summed E-state index contributed by atoms with van der Waals surface area (Å²) in [6.45, 7) is 1.69. The molecule has 3 rings (SSSR count). The Balaban J connectivity index is 2.08. The van der Waals surface area contributed by atoms with Crippen LogP contribution in [0.15, 0.2) is 40.9 Å². The van der Waals surface area contributed by atoms with Gasteiger partial charge in [0.2, 0.25) is 0 Å². The molecular formula is C16H12N2O3. The van der Waals surface area contributed by atoms with E-state index in [1.54, 1.807) is 13.0 Å². The lowest BCUT2D eigenvalue weighted by atomic mass is 10.1. The van der Waals surface area contributed by atoms with Crippen molar-refractivity contribution < 1.29 is 14.4 Å². The zero-order valence-electron chi connectivity index (χ0n) is 11.3. The van der Waals surface area contributed by atoms with Gasteiger partial charge >= 0.3 is 5.97 Å². The van der Waals surface area contributed by atoms with Gasteiger partial charge in [-0.25, -0.2) is 9.78 Å². The lowest BCUT2D eigenvalue weighted by Gasteiger charge is -1.99. The topological polar surface area (TPSA) is 76.2 Å². The Morgan fingerprint density at radius 2 is 2.00 bits per heavy atom. The number of fused-ring (bicyclic) bond motifs is 1. The number of rotatable bonds is 3. The molecule has 0 atom stereocenters. The molecule has 21 heavy (non-hydrogen) atoms. The van der Waals surface area contributed by atoms with Crippen molar-refractivity contribution >= 4 is 29.2 Å². The third-order valence-corrected chi connectivity index (χ3v) is 3.11. The van der Waals surface area contributed by atoms with E-state index in [1.165, 1.54) is 6.07 Å². The normalized spacial score (nSPS) is 11.3. The second-order valence-corrected chi connectivity index (χ2v) is 4.59. The fourth-order valence-corrected chi connectivity index (χ4v) is 2.11. The summed E-state index contributed by atoms with van der Waals surface area (Å²) in [6.07, 6.45) is 3.61. The largest absolute Gasteiger partial charge is 0.478 e. The van der Waals surface area contributed by atoms with Gasteiger partial charge in [-0.15, -0.1) is 0 Å². The minimum absolute atomic E-state index is 0.145. The molecule has 0 aliphatic heterocycles. The molecule has 0 aliphatic carbocycles. The monoisotopic (exact) mass is 280 g/mol. The maximum Gasteiger partial charge on any atom is 0.336 e.